The van der Waals surface area contributed by atoms with Gasteiger partial charge in [-0.1, -0.05) is 19.1 Å². The predicted molar refractivity (Wildman–Crippen MR) is 86.7 cm³/mol. The second kappa shape index (κ2) is 7.09. The van der Waals surface area contributed by atoms with E-state index in [0.29, 0.717) is 12.8 Å². The molecule has 2 rings (SSSR count). The Morgan fingerprint density at radius 3 is 2.76 bits per heavy atom. The van der Waals surface area contributed by atoms with Gasteiger partial charge < -0.3 is 9.84 Å². The molecule has 0 saturated carbocycles. The van der Waals surface area contributed by atoms with Gasteiger partial charge in [-0.3, -0.25) is 4.68 Å². The minimum atomic E-state index is -0.450. The van der Waals surface area contributed by atoms with E-state index in [1.54, 1.807) is 7.11 Å². The Morgan fingerprint density at radius 1 is 1.38 bits per heavy atom. The molecule has 114 valence electrons. The maximum absolute atomic E-state index is 10.3. The maximum atomic E-state index is 10.3. The van der Waals surface area contributed by atoms with Crippen LogP contribution in [0.25, 0.3) is 0 Å². The van der Waals surface area contributed by atoms with Crippen molar-refractivity contribution in [1.82, 2.24) is 9.78 Å². The fourth-order valence-electron chi connectivity index (χ4n) is 2.41. The van der Waals surface area contributed by atoms with Crippen LogP contribution in [0.5, 0.6) is 5.75 Å². The van der Waals surface area contributed by atoms with Crippen molar-refractivity contribution in [3.8, 4) is 5.75 Å². The van der Waals surface area contributed by atoms with E-state index in [1.807, 2.05) is 36.0 Å². The van der Waals surface area contributed by atoms with Crippen LogP contribution in [-0.4, -0.2) is 28.1 Å². The zero-order chi connectivity index (χ0) is 15.4. The van der Waals surface area contributed by atoms with Crippen molar-refractivity contribution in [1.29, 1.82) is 0 Å². The average molecular weight is 353 g/mol. The molecule has 0 aliphatic heterocycles. The van der Waals surface area contributed by atoms with E-state index < -0.39 is 6.10 Å². The van der Waals surface area contributed by atoms with Crippen LogP contribution >= 0.6 is 15.9 Å². The molecule has 0 amide bonds. The quantitative estimate of drug-likeness (QED) is 0.869. The Bertz CT molecular complexity index is 610. The van der Waals surface area contributed by atoms with Crippen molar-refractivity contribution in [3.05, 3.63) is 45.7 Å². The minimum Gasteiger partial charge on any atom is -0.497 e. The van der Waals surface area contributed by atoms with Gasteiger partial charge in [0.2, 0.25) is 0 Å². The Kier molecular flexibility index (Phi) is 5.42. The van der Waals surface area contributed by atoms with Crippen molar-refractivity contribution in [2.75, 3.05) is 7.11 Å². The van der Waals surface area contributed by atoms with Crippen LogP contribution in [0.1, 0.15) is 23.9 Å². The zero-order valence-electron chi connectivity index (χ0n) is 12.6. The first-order chi connectivity index (χ1) is 10.0. The summed E-state index contributed by atoms with van der Waals surface area (Å²) in [5, 5.41) is 14.8. The van der Waals surface area contributed by atoms with Gasteiger partial charge >= 0.3 is 0 Å². The van der Waals surface area contributed by atoms with E-state index in [0.717, 1.165) is 33.6 Å². The highest BCUT2D eigenvalue weighted by atomic mass is 79.9. The maximum Gasteiger partial charge on any atom is 0.119 e. The van der Waals surface area contributed by atoms with Crippen molar-refractivity contribution >= 4 is 15.9 Å². The molecule has 0 radical (unpaired) electrons. The molecule has 1 heterocycles. The molecular formula is C16H21BrN2O2. The predicted octanol–water partition coefficient (Wildman–Crippen LogP) is 2.90. The lowest BCUT2D eigenvalue weighted by Crippen LogP contribution is -2.16. The van der Waals surface area contributed by atoms with Gasteiger partial charge in [-0.05, 0) is 46.5 Å². The third-order valence-corrected chi connectivity index (χ3v) is 4.45. The number of aromatic nitrogens is 2. The number of aliphatic hydroxyl groups is 1. The molecule has 0 spiro atoms. The lowest BCUT2D eigenvalue weighted by molar-refractivity contribution is 0.172. The molecule has 1 unspecified atom stereocenters. The van der Waals surface area contributed by atoms with Gasteiger partial charge in [-0.15, -0.1) is 0 Å². The lowest BCUT2D eigenvalue weighted by Gasteiger charge is -2.12. The van der Waals surface area contributed by atoms with E-state index in [9.17, 15) is 5.11 Å². The van der Waals surface area contributed by atoms with E-state index >= 15 is 0 Å². The topological polar surface area (TPSA) is 47.3 Å². The van der Waals surface area contributed by atoms with Crippen molar-refractivity contribution in [2.24, 2.45) is 7.05 Å². The van der Waals surface area contributed by atoms with Crippen LogP contribution in [0.2, 0.25) is 0 Å². The van der Waals surface area contributed by atoms with Gasteiger partial charge in [0.05, 0.1) is 29.1 Å². The summed E-state index contributed by atoms with van der Waals surface area (Å²) in [5.74, 6) is 0.815. The number of ether oxygens (including phenoxy) is 1. The highest BCUT2D eigenvalue weighted by Gasteiger charge is 2.16. The summed E-state index contributed by atoms with van der Waals surface area (Å²) >= 11 is 3.58. The SMILES string of the molecule is CCc1nn(C)c(CC(O)Cc2cccc(OC)c2)c1Br. The Balaban J connectivity index is 2.07. The molecule has 0 aliphatic carbocycles. The van der Waals surface area contributed by atoms with Crippen LogP contribution in [0.3, 0.4) is 0 Å². The number of benzene rings is 1. The minimum absolute atomic E-state index is 0.450. The number of rotatable bonds is 6. The molecule has 0 bridgehead atoms. The standard InChI is InChI=1S/C16H21BrN2O2/c1-4-14-16(17)15(19(2)18-14)10-12(20)8-11-6-5-7-13(9-11)21-3/h5-7,9,12,20H,4,8,10H2,1-3H3. The van der Waals surface area contributed by atoms with Gasteiger partial charge in [-0.25, -0.2) is 0 Å². The molecule has 4 nitrogen and oxygen atoms in total. The third-order valence-electron chi connectivity index (χ3n) is 3.54. The normalized spacial score (nSPS) is 12.4. The van der Waals surface area contributed by atoms with Crippen LogP contribution in [0.4, 0.5) is 0 Å². The average Bonchev–Trinajstić information content (AvgIpc) is 2.74. The summed E-state index contributed by atoms with van der Waals surface area (Å²) < 4.78 is 8.06. The smallest absolute Gasteiger partial charge is 0.119 e. The summed E-state index contributed by atoms with van der Waals surface area (Å²) in [7, 11) is 3.56. The highest BCUT2D eigenvalue weighted by molar-refractivity contribution is 9.10. The first-order valence-corrected chi connectivity index (χ1v) is 7.85. The van der Waals surface area contributed by atoms with E-state index in [-0.39, 0.29) is 0 Å². The van der Waals surface area contributed by atoms with Crippen LogP contribution in [-0.2, 0) is 26.3 Å². The third kappa shape index (κ3) is 3.86. The summed E-state index contributed by atoms with van der Waals surface area (Å²) in [6, 6.07) is 7.80. The van der Waals surface area contributed by atoms with Gasteiger partial charge in [0.15, 0.2) is 0 Å². The van der Waals surface area contributed by atoms with Crippen molar-refractivity contribution in [3.63, 3.8) is 0 Å². The number of aryl methyl sites for hydroxylation is 2. The van der Waals surface area contributed by atoms with Gasteiger partial charge in [0.1, 0.15) is 5.75 Å². The Hall–Kier alpha value is -1.33. The molecule has 0 fully saturated rings. The molecule has 2 aromatic rings. The fraction of sp³-hybridized carbons (Fsp3) is 0.438. The van der Waals surface area contributed by atoms with Crippen molar-refractivity contribution in [2.45, 2.75) is 32.3 Å². The largest absolute Gasteiger partial charge is 0.497 e. The number of aliphatic hydroxyl groups excluding tert-OH is 1. The van der Waals surface area contributed by atoms with Crippen LogP contribution in [0.15, 0.2) is 28.7 Å². The van der Waals surface area contributed by atoms with Crippen LogP contribution in [0, 0.1) is 0 Å². The van der Waals surface area contributed by atoms with Crippen molar-refractivity contribution < 1.29 is 9.84 Å². The fourth-order valence-corrected chi connectivity index (χ4v) is 3.19. The number of hydrogen-bond donors (Lipinski definition) is 1. The second-order valence-corrected chi connectivity index (χ2v) is 5.89. The molecule has 1 aromatic heterocycles. The van der Waals surface area contributed by atoms with Gasteiger partial charge in [-0.2, -0.15) is 5.10 Å². The lowest BCUT2D eigenvalue weighted by atomic mass is 10.0. The molecular weight excluding hydrogens is 332 g/mol. The van der Waals surface area contributed by atoms with E-state index in [2.05, 4.69) is 28.0 Å². The summed E-state index contributed by atoms with van der Waals surface area (Å²) in [6.07, 6.45) is 1.59. The van der Waals surface area contributed by atoms with E-state index in [4.69, 9.17) is 4.74 Å². The second-order valence-electron chi connectivity index (χ2n) is 5.10. The molecule has 1 N–H and O–H groups in total. The monoisotopic (exact) mass is 352 g/mol. The van der Waals surface area contributed by atoms with Gasteiger partial charge in [0.25, 0.3) is 0 Å². The molecule has 1 aromatic carbocycles. The molecule has 0 aliphatic rings. The van der Waals surface area contributed by atoms with Crippen LogP contribution < -0.4 is 4.74 Å². The summed E-state index contributed by atoms with van der Waals surface area (Å²) in [5.41, 5.74) is 3.12. The van der Waals surface area contributed by atoms with E-state index in [1.165, 1.54) is 0 Å². The number of methoxy groups -OCH3 is 1. The highest BCUT2D eigenvalue weighted by Crippen LogP contribution is 2.23. The molecule has 5 heteroatoms. The Labute approximate surface area is 133 Å². The molecule has 0 saturated heterocycles. The number of halogens is 1. The summed E-state index contributed by atoms with van der Waals surface area (Å²) in [4.78, 5) is 0. The first-order valence-electron chi connectivity index (χ1n) is 7.06. The number of nitrogens with zero attached hydrogens (tertiary/aromatic N) is 2. The number of hydrogen-bond acceptors (Lipinski definition) is 3. The zero-order valence-corrected chi connectivity index (χ0v) is 14.2. The first kappa shape index (κ1) is 16.0. The Morgan fingerprint density at radius 2 is 2.14 bits per heavy atom. The van der Waals surface area contributed by atoms with Gasteiger partial charge in [0, 0.05) is 13.5 Å². The molecule has 1 atom stereocenters. The summed E-state index contributed by atoms with van der Waals surface area (Å²) in [6.45, 7) is 2.07. The molecule has 21 heavy (non-hydrogen) atoms.